The van der Waals surface area contributed by atoms with Gasteiger partial charge in [0.2, 0.25) is 5.75 Å². The van der Waals surface area contributed by atoms with Gasteiger partial charge in [0, 0.05) is 6.42 Å². The quantitative estimate of drug-likeness (QED) is 0.333. The summed E-state index contributed by atoms with van der Waals surface area (Å²) in [6, 6.07) is 1.34. The Morgan fingerprint density at radius 3 is 2.14 bits per heavy atom. The van der Waals surface area contributed by atoms with Crippen LogP contribution in [-0.4, -0.2) is 21.1 Å². The van der Waals surface area contributed by atoms with E-state index in [1.807, 2.05) is 0 Å². The smallest absolute Gasteiger partial charge is 0.202 e. The lowest BCUT2D eigenvalue weighted by Gasteiger charge is -2.08. The topological polar surface area (TPSA) is 77.8 Å². The van der Waals surface area contributed by atoms with Crippen molar-refractivity contribution in [3.63, 3.8) is 0 Å². The molecule has 0 unspecified atom stereocenters. The van der Waals surface area contributed by atoms with Gasteiger partial charge in [0.15, 0.2) is 17.3 Å². The lowest BCUT2D eigenvalue weighted by molar-refractivity contribution is 0.0975. The van der Waals surface area contributed by atoms with E-state index in [0.29, 0.717) is 6.42 Å². The number of halogens is 1. The van der Waals surface area contributed by atoms with Gasteiger partial charge in [-0.3, -0.25) is 4.79 Å². The molecule has 0 spiro atoms. The highest BCUT2D eigenvalue weighted by atomic mass is 79.9. The number of rotatable bonds is 9. The summed E-state index contributed by atoms with van der Waals surface area (Å²) >= 11 is 3.04. The largest absolute Gasteiger partial charge is 0.504 e. The van der Waals surface area contributed by atoms with E-state index in [-0.39, 0.29) is 15.8 Å². The Morgan fingerprint density at radius 2 is 1.52 bits per heavy atom. The van der Waals surface area contributed by atoms with Crippen molar-refractivity contribution < 1.29 is 20.1 Å². The van der Waals surface area contributed by atoms with E-state index in [9.17, 15) is 20.1 Å². The van der Waals surface area contributed by atoms with Crippen LogP contribution < -0.4 is 0 Å². The van der Waals surface area contributed by atoms with E-state index in [4.69, 9.17) is 0 Å². The first-order chi connectivity index (χ1) is 9.99. The highest BCUT2D eigenvalue weighted by molar-refractivity contribution is 9.10. The number of phenols is 3. The van der Waals surface area contributed by atoms with Crippen LogP contribution in [0.1, 0.15) is 68.6 Å². The van der Waals surface area contributed by atoms with Crippen LogP contribution in [0, 0.1) is 0 Å². The number of phenolic OH excluding ortho intramolecular Hbond substituents is 3. The monoisotopic (exact) mass is 358 g/mol. The number of unbranched alkanes of at least 4 members (excludes halogenated alkanes) is 6. The fraction of sp³-hybridized carbons (Fsp3) is 0.562. The molecule has 0 saturated heterocycles. The molecule has 0 heterocycles. The lowest BCUT2D eigenvalue weighted by Crippen LogP contribution is -2.00. The van der Waals surface area contributed by atoms with Gasteiger partial charge in [-0.1, -0.05) is 45.4 Å². The minimum atomic E-state index is -0.660. The van der Waals surface area contributed by atoms with E-state index in [1.54, 1.807) is 0 Å². The van der Waals surface area contributed by atoms with Crippen LogP contribution in [0.4, 0.5) is 0 Å². The van der Waals surface area contributed by atoms with Crippen molar-refractivity contribution in [2.75, 3.05) is 0 Å². The fourth-order valence-electron chi connectivity index (χ4n) is 2.21. The minimum absolute atomic E-state index is 0.0446. The second-order valence-corrected chi connectivity index (χ2v) is 6.10. The second kappa shape index (κ2) is 8.93. The van der Waals surface area contributed by atoms with Gasteiger partial charge in [-0.2, -0.15) is 0 Å². The molecule has 0 atom stereocenters. The number of carbonyl (C=O) groups is 1. The van der Waals surface area contributed by atoms with Crippen molar-refractivity contribution >= 4 is 21.7 Å². The van der Waals surface area contributed by atoms with Gasteiger partial charge < -0.3 is 15.3 Å². The molecular weight excluding hydrogens is 336 g/mol. The van der Waals surface area contributed by atoms with Crippen molar-refractivity contribution in [2.24, 2.45) is 0 Å². The van der Waals surface area contributed by atoms with Gasteiger partial charge in [-0.25, -0.2) is 0 Å². The molecule has 5 heteroatoms. The molecule has 118 valence electrons. The third kappa shape index (κ3) is 5.23. The molecule has 21 heavy (non-hydrogen) atoms. The summed E-state index contributed by atoms with van der Waals surface area (Å²) in [5.74, 6) is -1.90. The molecule has 1 aromatic rings. The molecule has 0 aliphatic carbocycles. The van der Waals surface area contributed by atoms with E-state index >= 15 is 0 Å². The molecule has 3 N–H and O–H groups in total. The van der Waals surface area contributed by atoms with E-state index < -0.39 is 17.2 Å². The number of ketones is 1. The summed E-state index contributed by atoms with van der Waals surface area (Å²) in [7, 11) is 0. The summed E-state index contributed by atoms with van der Waals surface area (Å²) < 4.78 is 0.195. The van der Waals surface area contributed by atoms with Crippen molar-refractivity contribution in [3.05, 3.63) is 16.1 Å². The second-order valence-electron chi connectivity index (χ2n) is 5.25. The summed E-state index contributed by atoms with van der Waals surface area (Å²) in [6.45, 7) is 2.18. The molecule has 0 bridgehead atoms. The van der Waals surface area contributed by atoms with Gasteiger partial charge in [0.05, 0.1) is 10.0 Å². The first-order valence-corrected chi connectivity index (χ1v) is 8.24. The molecule has 4 nitrogen and oxygen atoms in total. The molecule has 0 saturated carbocycles. The molecule has 0 radical (unpaired) electrons. The predicted molar refractivity (Wildman–Crippen MR) is 86.1 cm³/mol. The number of hydrogen-bond donors (Lipinski definition) is 3. The average molecular weight is 359 g/mol. The number of Topliss-reactive ketones (excluding diaryl/α,β-unsaturated/α-hetero) is 1. The predicted octanol–water partition coefficient (Wildman–Crippen LogP) is 4.89. The van der Waals surface area contributed by atoms with Crippen molar-refractivity contribution in [2.45, 2.75) is 58.3 Å². The maximum Gasteiger partial charge on any atom is 0.202 e. The molecule has 1 aromatic carbocycles. The first kappa shape index (κ1) is 17.8. The SMILES string of the molecule is CCCCCCCCCC(=O)c1cc(Br)c(O)c(O)c1O. The lowest BCUT2D eigenvalue weighted by atomic mass is 10.0. The molecule has 1 rings (SSSR count). The van der Waals surface area contributed by atoms with E-state index in [2.05, 4.69) is 22.9 Å². The Bertz CT molecular complexity index is 486. The Hall–Kier alpha value is -1.23. The molecule has 0 aliphatic heterocycles. The Labute approximate surface area is 133 Å². The van der Waals surface area contributed by atoms with Crippen LogP contribution in [0.25, 0.3) is 0 Å². The first-order valence-electron chi connectivity index (χ1n) is 7.45. The van der Waals surface area contributed by atoms with Crippen LogP contribution in [0.15, 0.2) is 10.5 Å². The highest BCUT2D eigenvalue weighted by Crippen LogP contribution is 2.43. The summed E-state index contributed by atoms with van der Waals surface area (Å²) in [4.78, 5) is 12.0. The van der Waals surface area contributed by atoms with Crippen LogP contribution in [0.3, 0.4) is 0 Å². The van der Waals surface area contributed by atoms with Crippen LogP contribution in [0.2, 0.25) is 0 Å². The molecular formula is C16H23BrO4. The van der Waals surface area contributed by atoms with E-state index in [0.717, 1.165) is 19.3 Å². The standard InChI is InChI=1S/C16H23BrO4/c1-2-3-4-5-6-7-8-9-13(18)11-10-12(17)15(20)16(21)14(11)19/h10,19-21H,2-9H2,1H3. The minimum Gasteiger partial charge on any atom is -0.504 e. The van der Waals surface area contributed by atoms with Gasteiger partial charge >= 0.3 is 0 Å². The van der Waals surface area contributed by atoms with Crippen molar-refractivity contribution in [1.82, 2.24) is 0 Å². The third-order valence-electron chi connectivity index (χ3n) is 3.51. The number of benzene rings is 1. The fourth-order valence-corrected chi connectivity index (χ4v) is 2.62. The van der Waals surface area contributed by atoms with E-state index in [1.165, 1.54) is 31.7 Å². The van der Waals surface area contributed by atoms with Crippen LogP contribution >= 0.6 is 15.9 Å². The zero-order valence-electron chi connectivity index (χ0n) is 12.4. The molecule has 0 fully saturated rings. The maximum atomic E-state index is 12.0. The maximum absolute atomic E-state index is 12.0. The number of carbonyl (C=O) groups excluding carboxylic acids is 1. The molecule has 0 amide bonds. The van der Waals surface area contributed by atoms with Crippen LogP contribution in [-0.2, 0) is 0 Å². The van der Waals surface area contributed by atoms with Gasteiger partial charge in [-0.05, 0) is 28.4 Å². The normalized spacial score (nSPS) is 10.8. The summed E-state index contributed by atoms with van der Waals surface area (Å²) in [5, 5.41) is 28.7. The zero-order chi connectivity index (χ0) is 15.8. The number of aromatic hydroxyl groups is 3. The van der Waals surface area contributed by atoms with Gasteiger partial charge in [0.1, 0.15) is 0 Å². The van der Waals surface area contributed by atoms with Gasteiger partial charge in [-0.15, -0.1) is 0 Å². The Balaban J connectivity index is 2.46. The third-order valence-corrected chi connectivity index (χ3v) is 4.11. The summed E-state index contributed by atoms with van der Waals surface area (Å²) in [5.41, 5.74) is 0.0446. The van der Waals surface area contributed by atoms with Gasteiger partial charge in [0.25, 0.3) is 0 Å². The highest BCUT2D eigenvalue weighted by Gasteiger charge is 2.19. The Kier molecular flexibility index (Phi) is 7.57. The molecule has 0 aromatic heterocycles. The molecule has 0 aliphatic rings. The number of hydrogen-bond acceptors (Lipinski definition) is 4. The van der Waals surface area contributed by atoms with Crippen molar-refractivity contribution in [3.8, 4) is 17.2 Å². The Morgan fingerprint density at radius 1 is 0.952 bits per heavy atom. The average Bonchev–Trinajstić information content (AvgIpc) is 2.47. The van der Waals surface area contributed by atoms with Crippen LogP contribution in [0.5, 0.6) is 17.2 Å². The van der Waals surface area contributed by atoms with Crippen molar-refractivity contribution in [1.29, 1.82) is 0 Å². The summed E-state index contributed by atoms with van der Waals surface area (Å²) in [6.07, 6.45) is 8.11. The zero-order valence-corrected chi connectivity index (χ0v) is 13.9.